The molecule has 0 bridgehead atoms. The molecule has 0 unspecified atom stereocenters. The minimum absolute atomic E-state index is 0.0682. The van der Waals surface area contributed by atoms with Gasteiger partial charge in [0.1, 0.15) is 10.8 Å². The van der Waals surface area contributed by atoms with Gasteiger partial charge in [0.05, 0.1) is 0 Å². The maximum Gasteiger partial charge on any atom is 0.241 e. The van der Waals surface area contributed by atoms with Crippen molar-refractivity contribution in [2.24, 2.45) is 11.5 Å². The fraction of sp³-hybridized carbons (Fsp3) is 0. The molecule has 0 atom stereocenters. The van der Waals surface area contributed by atoms with Crippen molar-refractivity contribution in [3.63, 3.8) is 0 Å². The van der Waals surface area contributed by atoms with Crippen LogP contribution in [0.15, 0.2) is 24.3 Å². The first-order chi connectivity index (χ1) is 7.00. The lowest BCUT2D eigenvalue weighted by Crippen LogP contribution is -2.12. The zero-order valence-corrected chi connectivity index (χ0v) is 8.55. The molecule has 1 rings (SSSR count). The van der Waals surface area contributed by atoms with E-state index in [1.165, 1.54) is 24.3 Å². The Morgan fingerprint density at radius 2 is 2.07 bits per heavy atom. The van der Waals surface area contributed by atoms with E-state index in [0.717, 1.165) is 6.08 Å². The normalized spacial score (nSPS) is 10.5. The Hall–Kier alpha value is -1.75. The second-order valence-electron chi connectivity index (χ2n) is 2.83. The first-order valence-corrected chi connectivity index (χ1v) is 4.48. The molecule has 3 nitrogen and oxygen atoms in total. The third-order valence-corrected chi connectivity index (χ3v) is 1.93. The van der Waals surface area contributed by atoms with Crippen molar-refractivity contribution in [2.75, 3.05) is 0 Å². The molecule has 5 heteroatoms. The predicted molar refractivity (Wildman–Crippen MR) is 60.5 cm³/mol. The van der Waals surface area contributed by atoms with Crippen molar-refractivity contribution in [3.05, 3.63) is 41.2 Å². The van der Waals surface area contributed by atoms with Crippen LogP contribution in [0, 0.1) is 5.82 Å². The maximum atomic E-state index is 12.9. The number of primary amides is 1. The fourth-order valence-electron chi connectivity index (χ4n) is 1.06. The summed E-state index contributed by atoms with van der Waals surface area (Å²) in [6.45, 7) is 0. The van der Waals surface area contributed by atoms with Crippen molar-refractivity contribution in [2.45, 2.75) is 0 Å². The standard InChI is InChI=1S/C10H9FN2OS/c11-7-3-1-6(2-4-9(12)14)8(5-7)10(13)15/h1-5H,(H2,12,14)(H2,13,15). The van der Waals surface area contributed by atoms with Gasteiger partial charge < -0.3 is 11.5 Å². The van der Waals surface area contributed by atoms with E-state index in [1.807, 2.05) is 0 Å². The third kappa shape index (κ3) is 3.14. The molecule has 78 valence electrons. The van der Waals surface area contributed by atoms with Gasteiger partial charge in [0.25, 0.3) is 0 Å². The van der Waals surface area contributed by atoms with Gasteiger partial charge in [0, 0.05) is 11.6 Å². The number of halogens is 1. The molecule has 0 aromatic heterocycles. The summed E-state index contributed by atoms with van der Waals surface area (Å²) in [6, 6.07) is 3.94. The Balaban J connectivity index is 3.17. The molecule has 0 aliphatic rings. The zero-order valence-electron chi connectivity index (χ0n) is 7.74. The van der Waals surface area contributed by atoms with E-state index in [4.69, 9.17) is 23.7 Å². The van der Waals surface area contributed by atoms with Gasteiger partial charge in [-0.1, -0.05) is 18.3 Å². The van der Waals surface area contributed by atoms with E-state index in [0.29, 0.717) is 11.1 Å². The average Bonchev–Trinajstić information content (AvgIpc) is 2.15. The fourth-order valence-corrected chi connectivity index (χ4v) is 1.24. The number of carbonyl (C=O) groups is 1. The molecule has 0 spiro atoms. The monoisotopic (exact) mass is 224 g/mol. The molecule has 0 saturated carbocycles. The van der Waals surface area contributed by atoms with Crippen LogP contribution in [0.2, 0.25) is 0 Å². The molecule has 0 saturated heterocycles. The van der Waals surface area contributed by atoms with Crippen LogP contribution in [0.25, 0.3) is 6.08 Å². The maximum absolute atomic E-state index is 12.9. The number of benzene rings is 1. The summed E-state index contributed by atoms with van der Waals surface area (Å²) in [5.74, 6) is -1.03. The summed E-state index contributed by atoms with van der Waals surface area (Å²) in [5.41, 5.74) is 11.3. The second kappa shape index (κ2) is 4.65. The molecule has 0 fully saturated rings. The van der Waals surface area contributed by atoms with E-state index in [2.05, 4.69) is 0 Å². The number of rotatable bonds is 3. The van der Waals surface area contributed by atoms with Gasteiger partial charge in [-0.15, -0.1) is 0 Å². The molecule has 15 heavy (non-hydrogen) atoms. The number of hydrogen-bond acceptors (Lipinski definition) is 2. The molecule has 0 radical (unpaired) electrons. The summed E-state index contributed by atoms with van der Waals surface area (Å²) in [7, 11) is 0. The quantitative estimate of drug-likeness (QED) is 0.593. The van der Waals surface area contributed by atoms with Crippen LogP contribution in [0.4, 0.5) is 4.39 Å². The summed E-state index contributed by atoms with van der Waals surface area (Å²) >= 11 is 4.75. The summed E-state index contributed by atoms with van der Waals surface area (Å²) in [6.07, 6.45) is 2.60. The Bertz CT molecular complexity index is 443. The van der Waals surface area contributed by atoms with Crippen molar-refractivity contribution in [1.82, 2.24) is 0 Å². The Morgan fingerprint density at radius 3 is 2.60 bits per heavy atom. The van der Waals surface area contributed by atoms with E-state index in [-0.39, 0.29) is 4.99 Å². The van der Waals surface area contributed by atoms with Crippen LogP contribution in [-0.4, -0.2) is 10.9 Å². The lowest BCUT2D eigenvalue weighted by molar-refractivity contribution is -0.113. The largest absolute Gasteiger partial charge is 0.389 e. The smallest absolute Gasteiger partial charge is 0.241 e. The zero-order chi connectivity index (χ0) is 11.4. The van der Waals surface area contributed by atoms with Crippen molar-refractivity contribution in [1.29, 1.82) is 0 Å². The lowest BCUT2D eigenvalue weighted by atomic mass is 10.1. The van der Waals surface area contributed by atoms with E-state index >= 15 is 0 Å². The molecular weight excluding hydrogens is 215 g/mol. The highest BCUT2D eigenvalue weighted by Gasteiger charge is 2.04. The SMILES string of the molecule is NC(=O)C=Cc1ccc(F)cc1C(N)=S. The van der Waals surface area contributed by atoms with E-state index in [1.54, 1.807) is 0 Å². The average molecular weight is 224 g/mol. The summed E-state index contributed by atoms with van der Waals surface area (Å²) < 4.78 is 12.9. The molecule has 0 aliphatic carbocycles. The molecule has 1 amide bonds. The topological polar surface area (TPSA) is 69.1 Å². The van der Waals surface area contributed by atoms with E-state index in [9.17, 15) is 9.18 Å². The molecule has 4 N–H and O–H groups in total. The number of carbonyl (C=O) groups excluding carboxylic acids is 1. The molecule has 0 heterocycles. The lowest BCUT2D eigenvalue weighted by Gasteiger charge is -2.03. The van der Waals surface area contributed by atoms with Crippen LogP contribution in [-0.2, 0) is 4.79 Å². The van der Waals surface area contributed by atoms with Crippen LogP contribution >= 0.6 is 12.2 Å². The highest BCUT2D eigenvalue weighted by Crippen LogP contribution is 2.13. The third-order valence-electron chi connectivity index (χ3n) is 1.71. The van der Waals surface area contributed by atoms with Crippen LogP contribution in [0.3, 0.4) is 0 Å². The van der Waals surface area contributed by atoms with Crippen LogP contribution < -0.4 is 11.5 Å². The first kappa shape index (κ1) is 11.3. The summed E-state index contributed by atoms with van der Waals surface area (Å²) in [5, 5.41) is 0. The highest BCUT2D eigenvalue weighted by molar-refractivity contribution is 7.80. The van der Waals surface area contributed by atoms with Gasteiger partial charge in [-0.3, -0.25) is 4.79 Å². The molecule has 1 aromatic rings. The van der Waals surface area contributed by atoms with Crippen LogP contribution in [0.5, 0.6) is 0 Å². The molecular formula is C10H9FN2OS. The summed E-state index contributed by atoms with van der Waals surface area (Å²) in [4.78, 5) is 10.6. The van der Waals surface area contributed by atoms with E-state index < -0.39 is 11.7 Å². The molecule has 1 aromatic carbocycles. The van der Waals surface area contributed by atoms with Gasteiger partial charge in [0.2, 0.25) is 5.91 Å². The minimum atomic E-state index is -0.590. The Morgan fingerprint density at radius 1 is 1.40 bits per heavy atom. The van der Waals surface area contributed by atoms with Crippen molar-refractivity contribution >= 4 is 29.2 Å². The predicted octanol–water partition coefficient (Wildman–Crippen LogP) is 0.958. The highest BCUT2D eigenvalue weighted by atomic mass is 32.1. The number of thiocarbonyl (C=S) groups is 1. The van der Waals surface area contributed by atoms with Crippen molar-refractivity contribution in [3.8, 4) is 0 Å². The van der Waals surface area contributed by atoms with Crippen LogP contribution in [0.1, 0.15) is 11.1 Å². The second-order valence-corrected chi connectivity index (χ2v) is 3.27. The molecule has 0 aliphatic heterocycles. The van der Waals surface area contributed by atoms with Gasteiger partial charge in [-0.2, -0.15) is 0 Å². The number of hydrogen-bond donors (Lipinski definition) is 2. The Labute approximate surface area is 91.6 Å². The number of nitrogens with two attached hydrogens (primary N) is 2. The van der Waals surface area contributed by atoms with Crippen molar-refractivity contribution < 1.29 is 9.18 Å². The van der Waals surface area contributed by atoms with Gasteiger partial charge >= 0.3 is 0 Å². The van der Waals surface area contributed by atoms with Gasteiger partial charge in [0.15, 0.2) is 0 Å². The Kier molecular flexibility index (Phi) is 3.51. The first-order valence-electron chi connectivity index (χ1n) is 4.07. The van der Waals surface area contributed by atoms with Gasteiger partial charge in [-0.05, 0) is 23.8 Å². The minimum Gasteiger partial charge on any atom is -0.389 e. The van der Waals surface area contributed by atoms with Gasteiger partial charge in [-0.25, -0.2) is 4.39 Å². The number of amides is 1.